The number of esters is 1. The molecule has 11 heteroatoms. The quantitative estimate of drug-likeness (QED) is 0.546. The number of benzene rings is 1. The van der Waals surface area contributed by atoms with Gasteiger partial charge >= 0.3 is 5.97 Å². The number of nitrogens with zero attached hydrogens (tertiary/aromatic N) is 4. The molecule has 1 saturated heterocycles. The number of aryl methyl sites for hydroxylation is 1. The smallest absolute Gasteiger partial charge is 0.343 e. The third kappa shape index (κ3) is 5.56. The van der Waals surface area contributed by atoms with Gasteiger partial charge in [0.25, 0.3) is 5.91 Å². The van der Waals surface area contributed by atoms with E-state index in [2.05, 4.69) is 5.10 Å². The lowest BCUT2D eigenvalue weighted by atomic mass is 10.2. The molecule has 1 unspecified atom stereocenters. The summed E-state index contributed by atoms with van der Waals surface area (Å²) in [4.78, 5) is 27.3. The fourth-order valence-electron chi connectivity index (χ4n) is 3.67. The van der Waals surface area contributed by atoms with Crippen LogP contribution in [0, 0.1) is 12.8 Å². The van der Waals surface area contributed by atoms with E-state index < -0.39 is 22.1 Å². The SMILES string of the molecule is Cc1nn(CC(C)C)c(Cl)c1C(=O)OC(C)C(=O)N1CCN(S(=O)(=O)c2ccccc2)CC1. The topological polar surface area (TPSA) is 102 Å². The molecule has 180 valence electrons. The van der Waals surface area contributed by atoms with Crippen LogP contribution in [0.1, 0.15) is 36.8 Å². The number of rotatable bonds is 7. The Morgan fingerprint density at radius 1 is 1.09 bits per heavy atom. The minimum absolute atomic E-state index is 0.149. The van der Waals surface area contributed by atoms with Gasteiger partial charge in [-0.15, -0.1) is 0 Å². The first-order valence-corrected chi connectivity index (χ1v) is 12.6. The third-order valence-electron chi connectivity index (χ3n) is 5.37. The molecule has 1 fully saturated rings. The summed E-state index contributed by atoms with van der Waals surface area (Å²) in [7, 11) is -3.62. The molecule has 1 aromatic heterocycles. The summed E-state index contributed by atoms with van der Waals surface area (Å²) in [5.74, 6) is -0.808. The summed E-state index contributed by atoms with van der Waals surface area (Å²) >= 11 is 6.33. The molecule has 0 radical (unpaired) electrons. The Hall–Kier alpha value is -2.43. The van der Waals surface area contributed by atoms with Gasteiger partial charge in [0.1, 0.15) is 10.7 Å². The van der Waals surface area contributed by atoms with E-state index in [-0.39, 0.29) is 53.6 Å². The van der Waals surface area contributed by atoms with Crippen molar-refractivity contribution in [1.29, 1.82) is 0 Å². The van der Waals surface area contributed by atoms with Gasteiger partial charge in [-0.25, -0.2) is 13.2 Å². The zero-order valence-electron chi connectivity index (χ0n) is 19.2. The van der Waals surface area contributed by atoms with Crippen LogP contribution in [0.15, 0.2) is 35.2 Å². The molecule has 0 saturated carbocycles. The second-order valence-corrected chi connectivity index (χ2v) is 10.7. The molecule has 1 aliphatic rings. The van der Waals surface area contributed by atoms with Crippen molar-refractivity contribution >= 4 is 33.5 Å². The van der Waals surface area contributed by atoms with Gasteiger partial charge in [-0.1, -0.05) is 43.6 Å². The van der Waals surface area contributed by atoms with Gasteiger partial charge in [0.05, 0.1) is 10.6 Å². The first-order valence-electron chi connectivity index (χ1n) is 10.8. The van der Waals surface area contributed by atoms with Gasteiger partial charge < -0.3 is 9.64 Å². The highest BCUT2D eigenvalue weighted by atomic mass is 35.5. The van der Waals surface area contributed by atoms with E-state index in [0.29, 0.717) is 12.2 Å². The number of piperazine rings is 1. The molecule has 0 N–H and O–H groups in total. The van der Waals surface area contributed by atoms with Crippen molar-refractivity contribution in [3.8, 4) is 0 Å². The fourth-order valence-corrected chi connectivity index (χ4v) is 5.43. The minimum atomic E-state index is -3.62. The number of hydrogen-bond donors (Lipinski definition) is 0. The first kappa shape index (κ1) is 25.2. The Morgan fingerprint density at radius 3 is 2.27 bits per heavy atom. The molecule has 33 heavy (non-hydrogen) atoms. The standard InChI is InChI=1S/C22H29ClN4O5S/c1-15(2)14-27-20(23)19(16(3)24-27)22(29)32-17(4)21(28)25-10-12-26(13-11-25)33(30,31)18-8-6-5-7-9-18/h5-9,15,17H,10-14H2,1-4H3. The highest BCUT2D eigenvalue weighted by Gasteiger charge is 2.33. The minimum Gasteiger partial charge on any atom is -0.449 e. The van der Waals surface area contributed by atoms with Crippen LogP contribution in [-0.4, -0.2) is 71.6 Å². The van der Waals surface area contributed by atoms with Crippen molar-refractivity contribution in [2.24, 2.45) is 5.92 Å². The average Bonchev–Trinajstić information content (AvgIpc) is 3.06. The molecule has 1 aromatic carbocycles. The molecule has 1 amide bonds. The number of ether oxygens (including phenoxy) is 1. The molecule has 9 nitrogen and oxygen atoms in total. The number of amides is 1. The Kier molecular flexibility index (Phi) is 7.81. The highest BCUT2D eigenvalue weighted by Crippen LogP contribution is 2.23. The molecule has 2 aromatic rings. The van der Waals surface area contributed by atoms with Gasteiger partial charge in [-0.2, -0.15) is 9.40 Å². The summed E-state index contributed by atoms with van der Waals surface area (Å²) in [5.41, 5.74) is 0.584. The lowest BCUT2D eigenvalue weighted by Gasteiger charge is -2.35. The first-order chi connectivity index (χ1) is 15.5. The van der Waals surface area contributed by atoms with Gasteiger partial charge in [-0.05, 0) is 31.9 Å². The molecule has 1 atom stereocenters. The fraction of sp³-hybridized carbons (Fsp3) is 0.500. The Bertz CT molecular complexity index is 1110. The van der Waals surface area contributed by atoms with Gasteiger partial charge in [0, 0.05) is 32.7 Å². The second-order valence-electron chi connectivity index (χ2n) is 8.42. The van der Waals surface area contributed by atoms with Gasteiger partial charge in [0.15, 0.2) is 6.10 Å². The van der Waals surface area contributed by atoms with Crippen molar-refractivity contribution in [3.05, 3.63) is 46.7 Å². The van der Waals surface area contributed by atoms with Crippen LogP contribution in [-0.2, 0) is 26.1 Å². The largest absolute Gasteiger partial charge is 0.449 e. The lowest BCUT2D eigenvalue weighted by Crippen LogP contribution is -2.52. The number of halogens is 1. The maximum absolute atomic E-state index is 12.8. The summed E-state index contributed by atoms with van der Waals surface area (Å²) in [6, 6.07) is 8.18. The summed E-state index contributed by atoms with van der Waals surface area (Å²) in [6.45, 7) is 8.48. The van der Waals surface area contributed by atoms with Crippen LogP contribution in [0.2, 0.25) is 5.15 Å². The van der Waals surface area contributed by atoms with E-state index in [1.165, 1.54) is 16.1 Å². The van der Waals surface area contributed by atoms with E-state index in [9.17, 15) is 18.0 Å². The number of carbonyl (C=O) groups excluding carboxylic acids is 2. The molecule has 3 rings (SSSR count). The summed E-state index contributed by atoms with van der Waals surface area (Å²) in [5, 5.41) is 4.48. The van der Waals surface area contributed by atoms with Crippen LogP contribution in [0.5, 0.6) is 0 Å². The van der Waals surface area contributed by atoms with Gasteiger partial charge in [-0.3, -0.25) is 9.48 Å². The van der Waals surface area contributed by atoms with Crippen LogP contribution in [0.3, 0.4) is 0 Å². The Balaban J connectivity index is 1.60. The predicted octanol–water partition coefficient (Wildman–Crippen LogP) is 2.58. The molecular weight excluding hydrogens is 468 g/mol. The normalized spacial score (nSPS) is 16.1. The van der Waals surface area contributed by atoms with Crippen LogP contribution in [0.25, 0.3) is 0 Å². The monoisotopic (exact) mass is 496 g/mol. The van der Waals surface area contributed by atoms with Crippen LogP contribution in [0.4, 0.5) is 0 Å². The lowest BCUT2D eigenvalue weighted by molar-refractivity contribution is -0.141. The molecule has 0 aliphatic carbocycles. The number of carbonyl (C=O) groups is 2. The van der Waals surface area contributed by atoms with E-state index in [1.54, 1.807) is 41.9 Å². The predicted molar refractivity (Wildman–Crippen MR) is 123 cm³/mol. The van der Waals surface area contributed by atoms with Crippen LogP contribution >= 0.6 is 11.6 Å². The average molecular weight is 497 g/mol. The zero-order chi connectivity index (χ0) is 24.3. The van der Waals surface area contributed by atoms with Crippen molar-refractivity contribution in [2.75, 3.05) is 26.2 Å². The highest BCUT2D eigenvalue weighted by molar-refractivity contribution is 7.89. The Labute approximate surface area is 199 Å². The second kappa shape index (κ2) is 10.2. The number of aromatic nitrogens is 2. The molecule has 0 spiro atoms. The molecular formula is C22H29ClN4O5S. The molecule has 1 aliphatic heterocycles. The number of sulfonamides is 1. The van der Waals surface area contributed by atoms with Crippen molar-refractivity contribution in [1.82, 2.24) is 19.0 Å². The van der Waals surface area contributed by atoms with Crippen molar-refractivity contribution in [3.63, 3.8) is 0 Å². The van der Waals surface area contributed by atoms with Crippen LogP contribution < -0.4 is 0 Å². The van der Waals surface area contributed by atoms with E-state index in [1.807, 2.05) is 13.8 Å². The van der Waals surface area contributed by atoms with E-state index in [0.717, 1.165) is 0 Å². The number of hydrogen-bond acceptors (Lipinski definition) is 6. The van der Waals surface area contributed by atoms with Crippen molar-refractivity contribution in [2.45, 2.75) is 45.2 Å². The molecule has 0 bridgehead atoms. The van der Waals surface area contributed by atoms with Crippen molar-refractivity contribution < 1.29 is 22.7 Å². The summed E-state index contributed by atoms with van der Waals surface area (Å²) in [6.07, 6.45) is -1.04. The summed E-state index contributed by atoms with van der Waals surface area (Å²) < 4.78 is 33.8. The maximum atomic E-state index is 12.8. The Morgan fingerprint density at radius 2 is 1.70 bits per heavy atom. The molecule has 2 heterocycles. The van der Waals surface area contributed by atoms with Gasteiger partial charge in [0.2, 0.25) is 10.0 Å². The third-order valence-corrected chi connectivity index (χ3v) is 7.67. The maximum Gasteiger partial charge on any atom is 0.343 e. The van der Waals surface area contributed by atoms with E-state index >= 15 is 0 Å². The zero-order valence-corrected chi connectivity index (χ0v) is 20.8. The van der Waals surface area contributed by atoms with E-state index in [4.69, 9.17) is 16.3 Å².